The van der Waals surface area contributed by atoms with Crippen molar-refractivity contribution in [1.82, 2.24) is 4.90 Å². The molecule has 1 aliphatic carbocycles. The molecule has 0 saturated heterocycles. The molecular weight excluding hydrogens is 242 g/mol. The lowest BCUT2D eigenvalue weighted by atomic mass is 9.90. The molecule has 2 N–H and O–H groups in total. The van der Waals surface area contributed by atoms with Gasteiger partial charge in [0.2, 0.25) is 5.12 Å². The fourth-order valence-electron chi connectivity index (χ4n) is 2.97. The average Bonchev–Trinajstić information content (AvgIpc) is 2.79. The number of aryl methyl sites for hydroxylation is 1. The molecule has 0 fully saturated rings. The smallest absolute Gasteiger partial charge is 0.216 e. The predicted molar refractivity (Wildman–Crippen MR) is 80.3 cm³/mol. The molecular formula is C14H21N3S. The molecule has 1 unspecified atom stereocenters. The van der Waals surface area contributed by atoms with Gasteiger partial charge in [0.25, 0.3) is 0 Å². The van der Waals surface area contributed by atoms with E-state index in [1.165, 1.54) is 48.2 Å². The van der Waals surface area contributed by atoms with Gasteiger partial charge in [0.05, 0.1) is 11.4 Å². The Balaban J connectivity index is 2.02. The number of nitrogens with one attached hydrogen (secondary N) is 2. The van der Waals surface area contributed by atoms with Crippen LogP contribution in [-0.2, 0) is 12.8 Å². The van der Waals surface area contributed by atoms with E-state index < -0.39 is 0 Å². The number of benzene rings is 1. The average molecular weight is 263 g/mol. The van der Waals surface area contributed by atoms with Gasteiger partial charge in [-0.05, 0) is 63.2 Å². The van der Waals surface area contributed by atoms with E-state index in [2.05, 4.69) is 48.0 Å². The number of rotatable bonds is 2. The van der Waals surface area contributed by atoms with Gasteiger partial charge in [0, 0.05) is 0 Å². The normalized spacial score (nSPS) is 25.3. The molecule has 98 valence electrons. The van der Waals surface area contributed by atoms with E-state index in [9.17, 15) is 0 Å². The van der Waals surface area contributed by atoms with Crippen molar-refractivity contribution in [2.75, 3.05) is 31.0 Å². The zero-order valence-electron chi connectivity index (χ0n) is 11.3. The Kier molecular flexibility index (Phi) is 2.94. The summed E-state index contributed by atoms with van der Waals surface area (Å²) in [6.07, 6.45) is 7.24. The maximum absolute atomic E-state index is 3.70. The van der Waals surface area contributed by atoms with Gasteiger partial charge in [-0.25, -0.2) is 0 Å². The van der Waals surface area contributed by atoms with Crippen LogP contribution in [0.1, 0.15) is 24.0 Å². The lowest BCUT2D eigenvalue weighted by Crippen LogP contribution is -2.51. The summed E-state index contributed by atoms with van der Waals surface area (Å²) >= 11 is 1.80. The maximum atomic E-state index is 3.70. The highest BCUT2D eigenvalue weighted by Gasteiger charge is 2.39. The summed E-state index contributed by atoms with van der Waals surface area (Å²) in [5.41, 5.74) is 5.64. The lowest BCUT2D eigenvalue weighted by Gasteiger charge is -2.35. The van der Waals surface area contributed by atoms with Crippen molar-refractivity contribution in [3.05, 3.63) is 23.3 Å². The molecule has 0 radical (unpaired) electrons. The summed E-state index contributed by atoms with van der Waals surface area (Å²) in [4.78, 5) is 2.20. The molecule has 1 aliphatic heterocycles. The van der Waals surface area contributed by atoms with Crippen LogP contribution in [0.25, 0.3) is 0 Å². The molecule has 4 heteroatoms. The van der Waals surface area contributed by atoms with Crippen molar-refractivity contribution in [2.24, 2.45) is 0 Å². The zero-order chi connectivity index (χ0) is 12.8. The van der Waals surface area contributed by atoms with Crippen molar-refractivity contribution in [1.29, 1.82) is 0 Å². The quantitative estimate of drug-likeness (QED) is 0.802. The third kappa shape index (κ3) is 1.70. The van der Waals surface area contributed by atoms with Gasteiger partial charge in [-0.1, -0.05) is 17.8 Å². The number of nitrogens with zero attached hydrogens (tertiary/aromatic N) is 1. The van der Waals surface area contributed by atoms with Gasteiger partial charge in [-0.3, -0.25) is 4.90 Å². The minimum absolute atomic E-state index is 0.200. The zero-order valence-corrected chi connectivity index (χ0v) is 12.2. The first kappa shape index (κ1) is 12.2. The number of thioether (sulfide) groups is 1. The molecule has 1 heterocycles. The van der Waals surface area contributed by atoms with Crippen LogP contribution in [0, 0.1) is 0 Å². The van der Waals surface area contributed by atoms with Crippen LogP contribution in [0.5, 0.6) is 0 Å². The fourth-order valence-corrected chi connectivity index (χ4v) is 3.75. The molecule has 3 nitrogen and oxygen atoms in total. The van der Waals surface area contributed by atoms with Gasteiger partial charge in [0.1, 0.15) is 0 Å². The Labute approximate surface area is 113 Å². The van der Waals surface area contributed by atoms with Gasteiger partial charge >= 0.3 is 0 Å². The first-order valence-electron chi connectivity index (χ1n) is 6.60. The topological polar surface area (TPSA) is 27.3 Å². The first-order valence-corrected chi connectivity index (χ1v) is 7.82. The Hall–Kier alpha value is -0.870. The number of anilines is 2. The Morgan fingerprint density at radius 1 is 1.17 bits per heavy atom. The molecule has 1 aromatic rings. The molecule has 1 aromatic carbocycles. The van der Waals surface area contributed by atoms with Crippen LogP contribution in [0.2, 0.25) is 0 Å². The van der Waals surface area contributed by atoms with Gasteiger partial charge < -0.3 is 10.6 Å². The summed E-state index contributed by atoms with van der Waals surface area (Å²) in [5, 5.41) is 7.13. The van der Waals surface area contributed by atoms with Crippen LogP contribution in [-0.4, -0.2) is 30.4 Å². The minimum atomic E-state index is -0.200. The van der Waals surface area contributed by atoms with Crippen LogP contribution in [0.4, 0.5) is 11.4 Å². The molecule has 3 rings (SSSR count). The van der Waals surface area contributed by atoms with Gasteiger partial charge in [-0.15, -0.1) is 0 Å². The predicted octanol–water partition coefficient (Wildman–Crippen LogP) is 2.94. The second kappa shape index (κ2) is 4.35. The highest BCUT2D eigenvalue weighted by molar-refractivity contribution is 8.00. The van der Waals surface area contributed by atoms with E-state index in [1.54, 1.807) is 11.8 Å². The fraction of sp³-hybridized carbons (Fsp3) is 0.571. The summed E-state index contributed by atoms with van der Waals surface area (Å²) in [6, 6.07) is 4.53. The van der Waals surface area contributed by atoms with Gasteiger partial charge in [-0.2, -0.15) is 0 Å². The highest BCUT2D eigenvalue weighted by atomic mass is 32.2. The number of hydrogen-bond donors (Lipinski definition) is 2. The third-order valence-corrected chi connectivity index (χ3v) is 5.22. The summed E-state index contributed by atoms with van der Waals surface area (Å²) in [5.74, 6) is 0. The van der Waals surface area contributed by atoms with Crippen molar-refractivity contribution < 1.29 is 0 Å². The van der Waals surface area contributed by atoms with Crippen LogP contribution in [0.15, 0.2) is 12.1 Å². The molecule has 1 atom stereocenters. The molecule has 0 bridgehead atoms. The second-order valence-corrected chi connectivity index (χ2v) is 6.32. The van der Waals surface area contributed by atoms with E-state index in [0.29, 0.717) is 0 Å². The molecule has 0 spiro atoms. The van der Waals surface area contributed by atoms with Crippen LogP contribution >= 0.6 is 11.8 Å². The van der Waals surface area contributed by atoms with E-state index in [0.717, 1.165) is 0 Å². The minimum Gasteiger partial charge on any atom is -0.340 e. The van der Waals surface area contributed by atoms with E-state index in [4.69, 9.17) is 0 Å². The van der Waals surface area contributed by atoms with Crippen LogP contribution in [0.3, 0.4) is 0 Å². The van der Waals surface area contributed by atoms with Crippen molar-refractivity contribution >= 4 is 23.1 Å². The Bertz CT molecular complexity index is 472. The molecule has 18 heavy (non-hydrogen) atoms. The number of fused-ring (bicyclic) bond motifs is 3. The third-order valence-electron chi connectivity index (χ3n) is 4.06. The molecule has 2 aliphatic rings. The standard InChI is InChI=1S/C14H21N3S/c1-17(2)14(18-3)15-12-9-8-10-6-4-5-7-11(10)13(12)16-14/h8-9,15-16H,4-7H2,1-3H3. The highest BCUT2D eigenvalue weighted by Crippen LogP contribution is 2.44. The summed E-state index contributed by atoms with van der Waals surface area (Å²) in [7, 11) is 4.21. The number of hydrogen-bond acceptors (Lipinski definition) is 4. The summed E-state index contributed by atoms with van der Waals surface area (Å²) < 4.78 is 0. The van der Waals surface area contributed by atoms with Crippen molar-refractivity contribution in [3.63, 3.8) is 0 Å². The van der Waals surface area contributed by atoms with Gasteiger partial charge in [0.15, 0.2) is 0 Å². The lowest BCUT2D eigenvalue weighted by molar-refractivity contribution is 0.324. The monoisotopic (exact) mass is 263 g/mol. The Morgan fingerprint density at radius 3 is 2.67 bits per heavy atom. The van der Waals surface area contributed by atoms with Crippen molar-refractivity contribution in [2.45, 2.75) is 30.8 Å². The second-order valence-electron chi connectivity index (χ2n) is 5.33. The van der Waals surface area contributed by atoms with Crippen molar-refractivity contribution in [3.8, 4) is 0 Å². The molecule has 0 aromatic heterocycles. The largest absolute Gasteiger partial charge is 0.340 e. The summed E-state index contributed by atoms with van der Waals surface area (Å²) in [6.45, 7) is 0. The van der Waals surface area contributed by atoms with E-state index in [-0.39, 0.29) is 5.12 Å². The first-order chi connectivity index (χ1) is 8.66. The van der Waals surface area contributed by atoms with E-state index >= 15 is 0 Å². The SMILES string of the molecule is CSC1(N(C)C)Nc2ccc3c(c2N1)CCCC3. The molecule has 0 amide bonds. The van der Waals surface area contributed by atoms with Crippen LogP contribution < -0.4 is 10.6 Å². The van der Waals surface area contributed by atoms with E-state index in [1.807, 2.05) is 0 Å². The molecule has 0 saturated carbocycles. The maximum Gasteiger partial charge on any atom is 0.216 e. The Morgan fingerprint density at radius 2 is 1.94 bits per heavy atom.